The van der Waals surface area contributed by atoms with Crippen molar-refractivity contribution in [1.82, 2.24) is 0 Å². The van der Waals surface area contributed by atoms with Gasteiger partial charge in [0.15, 0.2) is 0 Å². The van der Waals surface area contributed by atoms with E-state index < -0.39 is 4.92 Å². The van der Waals surface area contributed by atoms with Gasteiger partial charge in [0, 0.05) is 18.7 Å². The van der Waals surface area contributed by atoms with Crippen molar-refractivity contribution in [3.8, 4) is 11.1 Å². The smallest absolute Gasteiger partial charge is 0.442 e. The molecule has 24 heavy (non-hydrogen) atoms. The third-order valence-corrected chi connectivity index (χ3v) is 3.68. The van der Waals surface area contributed by atoms with Crippen LogP contribution in [-0.4, -0.2) is 17.5 Å². The molecule has 0 aliphatic heterocycles. The predicted molar refractivity (Wildman–Crippen MR) is 88.6 cm³/mol. The number of rotatable bonds is 5. The molecular formula is C18H15NO5. The van der Waals surface area contributed by atoms with Crippen LogP contribution >= 0.6 is 0 Å². The van der Waals surface area contributed by atoms with E-state index in [0.717, 1.165) is 11.1 Å². The second kappa shape index (κ2) is 6.54. The zero-order valence-electron chi connectivity index (χ0n) is 13.0. The maximum absolute atomic E-state index is 11.4. The number of fused-ring (bicyclic) bond motifs is 1. The zero-order valence-corrected chi connectivity index (χ0v) is 13.0. The fraction of sp³-hybridized carbons (Fsp3) is 0.167. The molecule has 2 aromatic carbocycles. The fourth-order valence-electron chi connectivity index (χ4n) is 2.68. The third kappa shape index (κ3) is 2.99. The van der Waals surface area contributed by atoms with Gasteiger partial charge in [0.1, 0.15) is 16.1 Å². The number of furan rings is 1. The molecule has 0 amide bonds. The van der Waals surface area contributed by atoms with Gasteiger partial charge in [-0.15, -0.1) is 0 Å². The molecule has 0 saturated heterocycles. The molecule has 0 radical (unpaired) electrons. The van der Waals surface area contributed by atoms with Crippen LogP contribution in [0.1, 0.15) is 12.5 Å². The lowest BCUT2D eigenvalue weighted by molar-refractivity contribution is -0.400. The van der Waals surface area contributed by atoms with E-state index in [4.69, 9.17) is 9.15 Å². The molecule has 0 atom stereocenters. The standard InChI is InChI=1S/C18H15NO5/c1-12(20)23-11-10-14-8-5-9-15-16(13-6-3-2-4-7-13)18(19(21)22)24-17(14)15/h2-9H,10-11H2,1H3. The molecule has 0 unspecified atom stereocenters. The molecule has 1 aromatic heterocycles. The summed E-state index contributed by atoms with van der Waals surface area (Å²) in [4.78, 5) is 21.8. The van der Waals surface area contributed by atoms with Crippen molar-refractivity contribution in [3.63, 3.8) is 0 Å². The second-order valence-electron chi connectivity index (χ2n) is 5.29. The molecule has 3 aromatic rings. The van der Waals surface area contributed by atoms with Crippen molar-refractivity contribution in [2.75, 3.05) is 6.61 Å². The highest BCUT2D eigenvalue weighted by Crippen LogP contribution is 2.40. The van der Waals surface area contributed by atoms with Gasteiger partial charge in [0.2, 0.25) is 0 Å². The molecule has 0 fully saturated rings. The van der Waals surface area contributed by atoms with Crippen LogP contribution in [0.4, 0.5) is 5.88 Å². The Balaban J connectivity index is 2.12. The van der Waals surface area contributed by atoms with Gasteiger partial charge in [0.05, 0.1) is 6.61 Å². The van der Waals surface area contributed by atoms with Crippen LogP contribution < -0.4 is 0 Å². The number of nitrogens with zero attached hydrogens (tertiary/aromatic N) is 1. The quantitative estimate of drug-likeness (QED) is 0.400. The zero-order chi connectivity index (χ0) is 17.1. The summed E-state index contributed by atoms with van der Waals surface area (Å²) in [5, 5.41) is 12.1. The van der Waals surface area contributed by atoms with Crippen molar-refractivity contribution in [2.45, 2.75) is 13.3 Å². The van der Waals surface area contributed by atoms with Crippen LogP contribution in [0.2, 0.25) is 0 Å². The minimum Gasteiger partial charge on any atom is -0.466 e. The Morgan fingerprint density at radius 3 is 2.58 bits per heavy atom. The monoisotopic (exact) mass is 325 g/mol. The number of hydrogen-bond donors (Lipinski definition) is 0. The molecule has 6 heteroatoms. The number of carbonyl (C=O) groups excluding carboxylic acids is 1. The summed E-state index contributed by atoms with van der Waals surface area (Å²) in [6, 6.07) is 14.5. The fourth-order valence-corrected chi connectivity index (χ4v) is 2.68. The van der Waals surface area contributed by atoms with Crippen molar-refractivity contribution in [3.05, 3.63) is 64.2 Å². The van der Waals surface area contributed by atoms with Gasteiger partial charge in [-0.2, -0.15) is 0 Å². The number of para-hydroxylation sites is 1. The van der Waals surface area contributed by atoms with E-state index in [1.54, 1.807) is 6.07 Å². The second-order valence-corrected chi connectivity index (χ2v) is 5.29. The highest BCUT2D eigenvalue weighted by Gasteiger charge is 2.26. The number of hydrogen-bond acceptors (Lipinski definition) is 5. The Bertz CT molecular complexity index is 898. The van der Waals surface area contributed by atoms with E-state index in [2.05, 4.69) is 0 Å². The highest BCUT2D eigenvalue weighted by molar-refractivity contribution is 5.99. The predicted octanol–water partition coefficient (Wildman–Crippen LogP) is 4.11. The lowest BCUT2D eigenvalue weighted by Gasteiger charge is -2.03. The molecule has 122 valence electrons. The molecule has 0 N–H and O–H groups in total. The molecule has 0 spiro atoms. The van der Waals surface area contributed by atoms with Crippen LogP contribution in [-0.2, 0) is 16.0 Å². The van der Waals surface area contributed by atoms with E-state index in [-0.39, 0.29) is 18.5 Å². The van der Waals surface area contributed by atoms with Crippen molar-refractivity contribution in [2.24, 2.45) is 0 Å². The maximum Gasteiger partial charge on any atom is 0.442 e. The minimum atomic E-state index is -0.516. The number of nitro groups is 1. The van der Waals surface area contributed by atoms with Crippen LogP contribution in [0.5, 0.6) is 0 Å². The highest BCUT2D eigenvalue weighted by atomic mass is 16.6. The topological polar surface area (TPSA) is 82.6 Å². The van der Waals surface area contributed by atoms with E-state index in [1.807, 2.05) is 42.5 Å². The van der Waals surface area contributed by atoms with Crippen molar-refractivity contribution >= 4 is 22.8 Å². The molecule has 1 heterocycles. The van der Waals surface area contributed by atoms with Gasteiger partial charge in [-0.3, -0.25) is 14.9 Å². The summed E-state index contributed by atoms with van der Waals surface area (Å²) in [5.74, 6) is -0.645. The van der Waals surface area contributed by atoms with Crippen molar-refractivity contribution < 1.29 is 18.9 Å². The van der Waals surface area contributed by atoms with Gasteiger partial charge in [-0.1, -0.05) is 48.5 Å². The summed E-state index contributed by atoms with van der Waals surface area (Å²) < 4.78 is 10.5. The first kappa shape index (κ1) is 15.7. The van der Waals surface area contributed by atoms with Crippen LogP contribution in [0, 0.1) is 10.1 Å². The van der Waals surface area contributed by atoms with E-state index in [9.17, 15) is 14.9 Å². The third-order valence-electron chi connectivity index (χ3n) is 3.68. The average molecular weight is 325 g/mol. The molecular weight excluding hydrogens is 310 g/mol. The first-order chi connectivity index (χ1) is 11.6. The number of esters is 1. The Labute approximate surface area is 137 Å². The molecule has 0 aliphatic rings. The Morgan fingerprint density at radius 2 is 1.92 bits per heavy atom. The Morgan fingerprint density at radius 1 is 1.17 bits per heavy atom. The summed E-state index contributed by atoms with van der Waals surface area (Å²) in [7, 11) is 0. The first-order valence-corrected chi connectivity index (χ1v) is 7.45. The van der Waals surface area contributed by atoms with Crippen molar-refractivity contribution in [1.29, 1.82) is 0 Å². The Kier molecular flexibility index (Phi) is 4.29. The molecule has 6 nitrogen and oxygen atoms in total. The lowest BCUT2D eigenvalue weighted by atomic mass is 10.0. The minimum absolute atomic E-state index is 0.198. The summed E-state index contributed by atoms with van der Waals surface area (Å²) >= 11 is 0. The maximum atomic E-state index is 11.4. The van der Waals surface area contributed by atoms with Crippen LogP contribution in [0.3, 0.4) is 0 Å². The summed E-state index contributed by atoms with van der Waals surface area (Å²) in [6.45, 7) is 1.54. The number of ether oxygens (including phenoxy) is 1. The molecule has 0 bridgehead atoms. The first-order valence-electron chi connectivity index (χ1n) is 7.45. The Hall–Kier alpha value is -3.15. The van der Waals surface area contributed by atoms with Crippen LogP contribution in [0.25, 0.3) is 22.1 Å². The SMILES string of the molecule is CC(=O)OCCc1cccc2c(-c3ccccc3)c([N+](=O)[O-])oc12. The number of carbonyl (C=O) groups is 1. The van der Waals surface area contributed by atoms with Crippen LogP contribution in [0.15, 0.2) is 52.9 Å². The van der Waals surface area contributed by atoms with Gasteiger partial charge in [0.25, 0.3) is 0 Å². The summed E-state index contributed by atoms with van der Waals surface area (Å²) in [6.07, 6.45) is 0.426. The van der Waals surface area contributed by atoms with E-state index in [0.29, 0.717) is 23.0 Å². The number of benzene rings is 2. The van der Waals surface area contributed by atoms with Gasteiger partial charge in [-0.05, 0) is 11.1 Å². The molecule has 0 saturated carbocycles. The normalized spacial score (nSPS) is 10.7. The lowest BCUT2D eigenvalue weighted by Crippen LogP contribution is -2.03. The van der Waals surface area contributed by atoms with E-state index in [1.165, 1.54) is 6.92 Å². The largest absolute Gasteiger partial charge is 0.466 e. The molecule has 3 rings (SSSR count). The average Bonchev–Trinajstić information content (AvgIpc) is 2.96. The van der Waals surface area contributed by atoms with E-state index >= 15 is 0 Å². The summed E-state index contributed by atoms with van der Waals surface area (Å²) in [5.41, 5.74) is 2.40. The van der Waals surface area contributed by atoms with Gasteiger partial charge < -0.3 is 9.15 Å². The van der Waals surface area contributed by atoms with Gasteiger partial charge >= 0.3 is 11.9 Å². The van der Waals surface area contributed by atoms with Gasteiger partial charge in [-0.25, -0.2) is 0 Å². The molecule has 0 aliphatic carbocycles.